The number of carbonyl (C=O) groups excluding carboxylic acids is 2. The van der Waals surface area contributed by atoms with Gasteiger partial charge in [-0.25, -0.2) is 9.78 Å². The van der Waals surface area contributed by atoms with Gasteiger partial charge in [-0.05, 0) is 57.2 Å². The fourth-order valence-electron chi connectivity index (χ4n) is 4.53. The minimum Gasteiger partial charge on any atom is -0.332 e. The van der Waals surface area contributed by atoms with Crippen molar-refractivity contribution in [3.63, 3.8) is 0 Å². The van der Waals surface area contributed by atoms with Crippen molar-refractivity contribution >= 4 is 28.5 Å². The van der Waals surface area contributed by atoms with E-state index < -0.39 is 17.2 Å². The molecule has 2 aromatic heterocycles. The molecule has 0 unspecified atom stereocenters. The SMILES string of the molecule is CCCn1c(=O)[nH]c(=O)c2c(C(=O)N(C)CC(=O)Nc3c(C)cc(C)cc3C)cc(C3CC3)nc21. The number of aryl methyl sites for hydroxylation is 4. The Morgan fingerprint density at radius 3 is 2.40 bits per heavy atom. The third-order valence-corrected chi connectivity index (χ3v) is 6.31. The van der Waals surface area contributed by atoms with E-state index in [4.69, 9.17) is 0 Å². The minimum atomic E-state index is -0.653. The summed E-state index contributed by atoms with van der Waals surface area (Å²) in [5, 5.41) is 2.98. The second-order valence-electron chi connectivity index (χ2n) is 9.46. The highest BCUT2D eigenvalue weighted by molar-refractivity contribution is 6.07. The van der Waals surface area contributed by atoms with Crippen LogP contribution in [0.15, 0.2) is 27.8 Å². The number of anilines is 1. The minimum absolute atomic E-state index is 0.0740. The van der Waals surface area contributed by atoms with Crippen molar-refractivity contribution < 1.29 is 9.59 Å². The van der Waals surface area contributed by atoms with Crippen molar-refractivity contribution in [2.75, 3.05) is 18.9 Å². The van der Waals surface area contributed by atoms with Crippen molar-refractivity contribution in [1.82, 2.24) is 19.4 Å². The number of fused-ring (bicyclic) bond motifs is 1. The van der Waals surface area contributed by atoms with E-state index in [1.54, 1.807) is 6.07 Å². The van der Waals surface area contributed by atoms with E-state index in [0.717, 1.165) is 35.2 Å². The van der Waals surface area contributed by atoms with Crippen LogP contribution in [0, 0.1) is 20.8 Å². The molecule has 2 amide bonds. The average Bonchev–Trinajstić information content (AvgIpc) is 3.63. The third kappa shape index (κ3) is 4.89. The number of H-pyrrole nitrogens is 1. The molecule has 1 aliphatic rings. The molecule has 1 saturated carbocycles. The number of carbonyl (C=O) groups is 2. The summed E-state index contributed by atoms with van der Waals surface area (Å²) in [6.07, 6.45) is 2.55. The van der Waals surface area contributed by atoms with Crippen LogP contribution in [0.4, 0.5) is 5.69 Å². The Morgan fingerprint density at radius 1 is 1.14 bits per heavy atom. The lowest BCUT2D eigenvalue weighted by Gasteiger charge is -2.20. The number of nitrogens with one attached hydrogen (secondary N) is 2. The van der Waals surface area contributed by atoms with Gasteiger partial charge in [0.1, 0.15) is 0 Å². The van der Waals surface area contributed by atoms with E-state index in [2.05, 4.69) is 15.3 Å². The Kier molecular flexibility index (Phi) is 6.60. The quantitative estimate of drug-likeness (QED) is 0.543. The molecule has 9 nitrogen and oxygen atoms in total. The number of aromatic nitrogens is 3. The maximum absolute atomic E-state index is 13.5. The Morgan fingerprint density at radius 2 is 1.80 bits per heavy atom. The molecule has 0 radical (unpaired) electrons. The highest BCUT2D eigenvalue weighted by Gasteiger charge is 2.29. The van der Waals surface area contributed by atoms with Gasteiger partial charge < -0.3 is 10.2 Å². The van der Waals surface area contributed by atoms with Crippen molar-refractivity contribution in [3.05, 3.63) is 67.0 Å². The first-order valence-electron chi connectivity index (χ1n) is 11.9. The van der Waals surface area contributed by atoms with Crippen LogP contribution < -0.4 is 16.6 Å². The molecule has 35 heavy (non-hydrogen) atoms. The summed E-state index contributed by atoms with van der Waals surface area (Å²) >= 11 is 0. The molecule has 3 aromatic rings. The van der Waals surface area contributed by atoms with Crippen LogP contribution in [0.1, 0.15) is 64.8 Å². The number of amides is 2. The largest absolute Gasteiger partial charge is 0.332 e. The fraction of sp³-hybridized carbons (Fsp3) is 0.423. The van der Waals surface area contributed by atoms with Gasteiger partial charge in [0, 0.05) is 30.9 Å². The summed E-state index contributed by atoms with van der Waals surface area (Å²) in [6.45, 7) is 7.94. The van der Waals surface area contributed by atoms with Crippen LogP contribution >= 0.6 is 0 Å². The lowest BCUT2D eigenvalue weighted by Crippen LogP contribution is -2.37. The van der Waals surface area contributed by atoms with Crippen molar-refractivity contribution in [2.24, 2.45) is 0 Å². The van der Waals surface area contributed by atoms with E-state index in [1.807, 2.05) is 39.8 Å². The lowest BCUT2D eigenvalue weighted by atomic mass is 10.1. The molecule has 1 aliphatic carbocycles. The average molecular weight is 478 g/mol. The zero-order chi connectivity index (χ0) is 25.4. The first-order valence-corrected chi connectivity index (χ1v) is 11.9. The van der Waals surface area contributed by atoms with Crippen LogP contribution in [0.5, 0.6) is 0 Å². The van der Waals surface area contributed by atoms with Crippen LogP contribution in [0.3, 0.4) is 0 Å². The fourth-order valence-corrected chi connectivity index (χ4v) is 4.53. The molecular formula is C26H31N5O4. The molecule has 0 saturated heterocycles. The summed E-state index contributed by atoms with van der Waals surface area (Å²) in [6, 6.07) is 5.62. The van der Waals surface area contributed by atoms with Gasteiger partial charge in [-0.3, -0.25) is 23.9 Å². The van der Waals surface area contributed by atoms with E-state index in [-0.39, 0.29) is 35.0 Å². The molecule has 1 aromatic carbocycles. The number of rotatable bonds is 7. The van der Waals surface area contributed by atoms with Crippen LogP contribution in [0.25, 0.3) is 11.0 Å². The van der Waals surface area contributed by atoms with Crippen LogP contribution in [-0.4, -0.2) is 44.8 Å². The first kappa shape index (κ1) is 24.4. The number of benzene rings is 1. The Bertz CT molecular complexity index is 1430. The van der Waals surface area contributed by atoms with Crippen molar-refractivity contribution in [3.8, 4) is 0 Å². The molecule has 0 atom stereocenters. The predicted octanol–water partition coefficient (Wildman–Crippen LogP) is 3.01. The molecule has 1 fully saturated rings. The number of nitrogens with zero attached hydrogens (tertiary/aromatic N) is 3. The lowest BCUT2D eigenvalue weighted by molar-refractivity contribution is -0.116. The third-order valence-electron chi connectivity index (χ3n) is 6.31. The van der Waals surface area contributed by atoms with Gasteiger partial charge in [-0.1, -0.05) is 24.6 Å². The highest BCUT2D eigenvalue weighted by atomic mass is 16.2. The van der Waals surface area contributed by atoms with E-state index in [9.17, 15) is 19.2 Å². The van der Waals surface area contributed by atoms with Gasteiger partial charge in [0.25, 0.3) is 11.5 Å². The summed E-state index contributed by atoms with van der Waals surface area (Å²) in [5.74, 6) is -0.607. The van der Waals surface area contributed by atoms with Crippen LogP contribution in [0.2, 0.25) is 0 Å². The number of pyridine rings is 1. The van der Waals surface area contributed by atoms with E-state index in [0.29, 0.717) is 18.7 Å². The summed E-state index contributed by atoms with van der Waals surface area (Å²) in [5.41, 5.74) is 3.59. The number of hydrogen-bond acceptors (Lipinski definition) is 5. The predicted molar refractivity (Wildman–Crippen MR) is 135 cm³/mol. The normalized spacial score (nSPS) is 13.2. The molecule has 0 spiro atoms. The number of likely N-dealkylation sites (N-methyl/N-ethyl adjacent to an activating group) is 1. The van der Waals surface area contributed by atoms with Gasteiger partial charge in [0.05, 0.1) is 17.5 Å². The zero-order valence-electron chi connectivity index (χ0n) is 20.8. The van der Waals surface area contributed by atoms with Gasteiger partial charge in [0.15, 0.2) is 5.65 Å². The molecule has 2 heterocycles. The van der Waals surface area contributed by atoms with Gasteiger partial charge >= 0.3 is 5.69 Å². The first-order chi connectivity index (χ1) is 16.6. The molecule has 184 valence electrons. The summed E-state index contributed by atoms with van der Waals surface area (Å²) in [4.78, 5) is 59.8. The molecular weight excluding hydrogens is 446 g/mol. The Balaban J connectivity index is 1.69. The second-order valence-corrected chi connectivity index (χ2v) is 9.46. The maximum atomic E-state index is 13.5. The topological polar surface area (TPSA) is 117 Å². The highest BCUT2D eigenvalue weighted by Crippen LogP contribution is 2.40. The second kappa shape index (κ2) is 9.48. The monoisotopic (exact) mass is 477 g/mol. The maximum Gasteiger partial charge on any atom is 0.329 e. The van der Waals surface area contributed by atoms with E-state index >= 15 is 0 Å². The molecule has 4 rings (SSSR count). The van der Waals surface area contributed by atoms with Crippen molar-refractivity contribution in [1.29, 1.82) is 0 Å². The van der Waals surface area contributed by atoms with Gasteiger partial charge in [0.2, 0.25) is 5.91 Å². The molecule has 9 heteroatoms. The number of hydrogen-bond donors (Lipinski definition) is 2. The van der Waals surface area contributed by atoms with Crippen molar-refractivity contribution in [2.45, 2.75) is 59.4 Å². The van der Waals surface area contributed by atoms with Gasteiger partial charge in [-0.2, -0.15) is 0 Å². The van der Waals surface area contributed by atoms with Crippen LogP contribution in [-0.2, 0) is 11.3 Å². The summed E-state index contributed by atoms with van der Waals surface area (Å²) < 4.78 is 1.41. The Hall–Kier alpha value is -3.75. The Labute approximate surface area is 203 Å². The standard InChI is InChI=1S/C26H31N5O4/c1-6-9-31-23-21(24(33)29-26(31)35)18(12-19(27-23)17-7-8-17)25(34)30(5)13-20(32)28-22-15(3)10-14(2)11-16(22)4/h10-12,17H,6-9,13H2,1-5H3,(H,28,32)(H,29,33,35). The summed E-state index contributed by atoms with van der Waals surface area (Å²) in [7, 11) is 1.52. The van der Waals surface area contributed by atoms with Gasteiger partial charge in [-0.15, -0.1) is 0 Å². The zero-order valence-corrected chi connectivity index (χ0v) is 20.8. The smallest absolute Gasteiger partial charge is 0.329 e. The van der Waals surface area contributed by atoms with E-state index in [1.165, 1.54) is 16.5 Å². The molecule has 2 N–H and O–H groups in total. The number of aromatic amines is 1. The molecule has 0 bridgehead atoms. The molecule has 0 aliphatic heterocycles.